The third-order valence-electron chi connectivity index (χ3n) is 4.76. The van der Waals surface area contributed by atoms with Crippen molar-refractivity contribution < 1.29 is 13.2 Å². The minimum absolute atomic E-state index is 0.0559. The minimum Gasteiger partial charge on any atom is -0.341 e. The lowest BCUT2D eigenvalue weighted by molar-refractivity contribution is -0.135. The molecular weight excluding hydrogens is 324 g/mol. The van der Waals surface area contributed by atoms with E-state index < -0.39 is 16.1 Å². The largest absolute Gasteiger partial charge is 0.341 e. The number of aryl methyl sites for hydroxylation is 1. The second-order valence-corrected chi connectivity index (χ2v) is 8.40. The standard InChI is InChI=1S/C18H28N2O3S/c1-4-15(3)17(18(21)20-12-6-5-7-13-20)19-24(22,23)16-10-8-14(2)9-11-16/h8-11,15,17,19H,4-7,12-13H2,1-3H3/t15-,17-/m0/s1. The number of carbonyl (C=O) groups excluding carboxylic acids is 1. The molecule has 1 amide bonds. The predicted molar refractivity (Wildman–Crippen MR) is 95.2 cm³/mol. The van der Waals surface area contributed by atoms with Crippen LogP contribution in [0, 0.1) is 12.8 Å². The van der Waals surface area contributed by atoms with E-state index in [0.29, 0.717) is 0 Å². The summed E-state index contributed by atoms with van der Waals surface area (Å²) in [5.41, 5.74) is 0.997. The number of sulfonamides is 1. The Morgan fingerprint density at radius 1 is 1.17 bits per heavy atom. The molecule has 1 aromatic rings. The molecule has 0 spiro atoms. The lowest BCUT2D eigenvalue weighted by atomic mass is 9.98. The highest BCUT2D eigenvalue weighted by atomic mass is 32.2. The molecule has 2 atom stereocenters. The van der Waals surface area contributed by atoms with Crippen molar-refractivity contribution in [2.24, 2.45) is 5.92 Å². The van der Waals surface area contributed by atoms with E-state index in [0.717, 1.165) is 44.3 Å². The highest BCUT2D eigenvalue weighted by Crippen LogP contribution is 2.18. The van der Waals surface area contributed by atoms with Gasteiger partial charge in [0, 0.05) is 13.1 Å². The smallest absolute Gasteiger partial charge is 0.241 e. The Kier molecular flexibility index (Phi) is 6.40. The van der Waals surface area contributed by atoms with Gasteiger partial charge in [-0.25, -0.2) is 8.42 Å². The number of rotatable bonds is 6. The second kappa shape index (κ2) is 8.12. The van der Waals surface area contributed by atoms with E-state index in [-0.39, 0.29) is 16.7 Å². The number of hydrogen-bond donors (Lipinski definition) is 1. The van der Waals surface area contributed by atoms with Crippen LogP contribution in [0.25, 0.3) is 0 Å². The van der Waals surface area contributed by atoms with Crippen LogP contribution in [0.15, 0.2) is 29.2 Å². The molecule has 6 heteroatoms. The Morgan fingerprint density at radius 3 is 2.29 bits per heavy atom. The van der Waals surface area contributed by atoms with Gasteiger partial charge in [0.05, 0.1) is 4.90 Å². The maximum atomic E-state index is 12.9. The van der Waals surface area contributed by atoms with E-state index in [1.807, 2.05) is 20.8 Å². The lowest BCUT2D eigenvalue weighted by Gasteiger charge is -2.32. The lowest BCUT2D eigenvalue weighted by Crippen LogP contribution is -2.52. The Morgan fingerprint density at radius 2 is 1.75 bits per heavy atom. The van der Waals surface area contributed by atoms with Crippen molar-refractivity contribution in [3.8, 4) is 0 Å². The van der Waals surface area contributed by atoms with Gasteiger partial charge in [0.1, 0.15) is 6.04 Å². The van der Waals surface area contributed by atoms with Gasteiger partial charge < -0.3 is 4.90 Å². The minimum atomic E-state index is -3.71. The van der Waals surface area contributed by atoms with Crippen molar-refractivity contribution in [1.29, 1.82) is 0 Å². The first-order valence-corrected chi connectivity index (χ1v) is 10.2. The molecule has 134 valence electrons. The van der Waals surface area contributed by atoms with Crippen LogP contribution in [-0.4, -0.2) is 38.4 Å². The molecule has 0 unspecified atom stereocenters. The molecule has 5 nitrogen and oxygen atoms in total. The predicted octanol–water partition coefficient (Wildman–Crippen LogP) is 2.70. The first kappa shape index (κ1) is 18.9. The second-order valence-electron chi connectivity index (χ2n) is 6.68. The van der Waals surface area contributed by atoms with Crippen LogP contribution in [0.3, 0.4) is 0 Å². The van der Waals surface area contributed by atoms with E-state index in [9.17, 15) is 13.2 Å². The Hall–Kier alpha value is -1.40. The third-order valence-corrected chi connectivity index (χ3v) is 6.22. The van der Waals surface area contributed by atoms with Gasteiger partial charge in [-0.05, 0) is 44.2 Å². The summed E-state index contributed by atoms with van der Waals surface area (Å²) in [6.07, 6.45) is 3.85. The molecule has 0 aliphatic carbocycles. The first-order valence-electron chi connectivity index (χ1n) is 8.73. The number of amides is 1. The average Bonchev–Trinajstić information content (AvgIpc) is 2.59. The molecule has 1 saturated heterocycles. The molecule has 1 fully saturated rings. The Bertz CT molecular complexity index is 649. The summed E-state index contributed by atoms with van der Waals surface area (Å²) in [5.74, 6) is -0.153. The van der Waals surface area contributed by atoms with E-state index in [2.05, 4.69) is 4.72 Å². The maximum absolute atomic E-state index is 12.9. The highest BCUT2D eigenvalue weighted by molar-refractivity contribution is 7.89. The van der Waals surface area contributed by atoms with Gasteiger partial charge in [0.25, 0.3) is 0 Å². The number of carbonyl (C=O) groups is 1. The average molecular weight is 353 g/mol. The number of nitrogens with one attached hydrogen (secondary N) is 1. The summed E-state index contributed by atoms with van der Waals surface area (Å²) in [5, 5.41) is 0. The molecule has 2 rings (SSSR count). The molecular formula is C18H28N2O3S. The molecule has 1 aliphatic heterocycles. The van der Waals surface area contributed by atoms with Crippen LogP contribution >= 0.6 is 0 Å². The summed E-state index contributed by atoms with van der Waals surface area (Å²) in [7, 11) is -3.71. The van der Waals surface area contributed by atoms with Crippen LogP contribution in [0.1, 0.15) is 45.1 Å². The van der Waals surface area contributed by atoms with Crippen molar-refractivity contribution in [1.82, 2.24) is 9.62 Å². The SMILES string of the molecule is CC[C@H](C)[C@H](NS(=O)(=O)c1ccc(C)cc1)C(=O)N1CCCCC1. The number of likely N-dealkylation sites (tertiary alicyclic amines) is 1. The van der Waals surface area contributed by atoms with Crippen LogP contribution in [0.5, 0.6) is 0 Å². The number of hydrogen-bond acceptors (Lipinski definition) is 3. The summed E-state index contributed by atoms with van der Waals surface area (Å²) in [6.45, 7) is 7.24. The van der Waals surface area contributed by atoms with Gasteiger partial charge in [-0.2, -0.15) is 4.72 Å². The number of piperidine rings is 1. The van der Waals surface area contributed by atoms with Crippen molar-refractivity contribution in [2.75, 3.05) is 13.1 Å². The highest BCUT2D eigenvalue weighted by Gasteiger charge is 2.33. The van der Waals surface area contributed by atoms with Crippen LogP contribution in [-0.2, 0) is 14.8 Å². The Labute approximate surface area is 145 Å². The topological polar surface area (TPSA) is 66.5 Å². The van der Waals surface area contributed by atoms with Crippen molar-refractivity contribution in [3.63, 3.8) is 0 Å². The summed E-state index contributed by atoms with van der Waals surface area (Å²) >= 11 is 0. The normalized spacial score (nSPS) is 18.2. The molecule has 0 aromatic heterocycles. The van der Waals surface area contributed by atoms with Crippen molar-refractivity contribution in [2.45, 2.75) is 57.4 Å². The number of benzene rings is 1. The molecule has 24 heavy (non-hydrogen) atoms. The van der Waals surface area contributed by atoms with Gasteiger partial charge in [0.15, 0.2) is 0 Å². The van der Waals surface area contributed by atoms with Crippen LogP contribution < -0.4 is 4.72 Å². The monoisotopic (exact) mass is 352 g/mol. The third kappa shape index (κ3) is 4.57. The van der Waals surface area contributed by atoms with Crippen LogP contribution in [0.2, 0.25) is 0 Å². The van der Waals surface area contributed by atoms with E-state index in [1.54, 1.807) is 29.2 Å². The summed E-state index contributed by atoms with van der Waals surface area (Å²) in [6, 6.07) is 5.98. The molecule has 1 heterocycles. The van der Waals surface area contributed by atoms with E-state index >= 15 is 0 Å². The fraction of sp³-hybridized carbons (Fsp3) is 0.611. The maximum Gasteiger partial charge on any atom is 0.241 e. The van der Waals surface area contributed by atoms with Gasteiger partial charge in [0.2, 0.25) is 15.9 Å². The van der Waals surface area contributed by atoms with Gasteiger partial charge >= 0.3 is 0 Å². The zero-order valence-electron chi connectivity index (χ0n) is 14.8. The zero-order chi connectivity index (χ0) is 17.7. The molecule has 1 aromatic carbocycles. The van der Waals surface area contributed by atoms with E-state index in [4.69, 9.17) is 0 Å². The first-order chi connectivity index (χ1) is 11.3. The van der Waals surface area contributed by atoms with Gasteiger partial charge in [-0.3, -0.25) is 4.79 Å². The Balaban J connectivity index is 2.21. The quantitative estimate of drug-likeness (QED) is 0.856. The summed E-state index contributed by atoms with van der Waals surface area (Å²) in [4.78, 5) is 14.9. The van der Waals surface area contributed by atoms with Crippen LogP contribution in [0.4, 0.5) is 0 Å². The van der Waals surface area contributed by atoms with Gasteiger partial charge in [-0.15, -0.1) is 0 Å². The van der Waals surface area contributed by atoms with Gasteiger partial charge in [-0.1, -0.05) is 38.0 Å². The fourth-order valence-corrected chi connectivity index (χ4v) is 4.21. The summed E-state index contributed by atoms with van der Waals surface area (Å²) < 4.78 is 28.0. The molecule has 0 bridgehead atoms. The molecule has 0 radical (unpaired) electrons. The van der Waals surface area contributed by atoms with Crippen molar-refractivity contribution >= 4 is 15.9 Å². The molecule has 1 aliphatic rings. The molecule has 1 N–H and O–H groups in total. The van der Waals surface area contributed by atoms with Crippen molar-refractivity contribution in [3.05, 3.63) is 29.8 Å². The number of nitrogens with zero attached hydrogens (tertiary/aromatic N) is 1. The molecule has 0 saturated carbocycles. The van der Waals surface area contributed by atoms with E-state index in [1.165, 1.54) is 0 Å². The zero-order valence-corrected chi connectivity index (χ0v) is 15.6. The fourth-order valence-electron chi connectivity index (χ4n) is 2.91.